The van der Waals surface area contributed by atoms with Crippen LogP contribution >= 0.6 is 11.8 Å². The first kappa shape index (κ1) is 20.3. The lowest BCUT2D eigenvalue weighted by atomic mass is 9.97. The van der Waals surface area contributed by atoms with Crippen LogP contribution in [-0.2, 0) is 5.75 Å². The maximum Gasteiger partial charge on any atom is 0.273 e. The second-order valence-corrected chi connectivity index (χ2v) is 8.01. The van der Waals surface area contributed by atoms with Crippen LogP contribution in [0.4, 0.5) is 0 Å². The van der Waals surface area contributed by atoms with E-state index in [9.17, 15) is 4.79 Å². The third-order valence-corrected chi connectivity index (χ3v) is 5.86. The molecule has 3 aromatic rings. The number of nitrogens with zero attached hydrogens (tertiary/aromatic N) is 5. The summed E-state index contributed by atoms with van der Waals surface area (Å²) in [5, 5.41) is 12.1. The van der Waals surface area contributed by atoms with Crippen molar-refractivity contribution in [1.29, 1.82) is 0 Å². The Morgan fingerprint density at radius 1 is 1.10 bits per heavy atom. The van der Waals surface area contributed by atoms with Crippen LogP contribution in [0.2, 0.25) is 0 Å². The van der Waals surface area contributed by atoms with E-state index < -0.39 is 0 Å². The van der Waals surface area contributed by atoms with Crippen molar-refractivity contribution in [3.63, 3.8) is 0 Å². The monoisotopic (exact) mass is 420 g/mol. The molecule has 1 aromatic carbocycles. The van der Waals surface area contributed by atoms with E-state index in [4.69, 9.17) is 0 Å². The molecule has 1 amide bonds. The van der Waals surface area contributed by atoms with Gasteiger partial charge in [-0.25, -0.2) is 14.6 Å². The molecule has 2 heterocycles. The molecule has 0 fully saturated rings. The smallest absolute Gasteiger partial charge is 0.273 e. The van der Waals surface area contributed by atoms with Crippen molar-refractivity contribution in [1.82, 2.24) is 30.3 Å². The Bertz CT molecular complexity index is 1000. The molecule has 1 aliphatic carbocycles. The quantitative estimate of drug-likeness (QED) is 0.337. The van der Waals surface area contributed by atoms with Gasteiger partial charge in [0.2, 0.25) is 0 Å². The number of para-hydroxylation sites is 1. The Morgan fingerprint density at radius 3 is 2.70 bits per heavy atom. The molecule has 154 valence electrons. The predicted molar refractivity (Wildman–Crippen MR) is 116 cm³/mol. The number of hydrogen-bond donors (Lipinski definition) is 1. The van der Waals surface area contributed by atoms with E-state index in [2.05, 4.69) is 31.7 Å². The van der Waals surface area contributed by atoms with Crippen LogP contribution < -0.4 is 5.32 Å². The second kappa shape index (κ2) is 10.2. The lowest BCUT2D eigenvalue weighted by Crippen LogP contribution is -2.26. The van der Waals surface area contributed by atoms with Gasteiger partial charge in [0.15, 0.2) is 10.9 Å². The van der Waals surface area contributed by atoms with E-state index in [1.165, 1.54) is 30.2 Å². The molecule has 0 saturated carbocycles. The fourth-order valence-electron chi connectivity index (χ4n) is 3.43. The topological polar surface area (TPSA) is 85.6 Å². The van der Waals surface area contributed by atoms with Gasteiger partial charge in [0.25, 0.3) is 5.91 Å². The summed E-state index contributed by atoms with van der Waals surface area (Å²) in [4.78, 5) is 21.4. The summed E-state index contributed by atoms with van der Waals surface area (Å²) in [5.74, 6) is 0.290. The van der Waals surface area contributed by atoms with Gasteiger partial charge in [0, 0.05) is 24.7 Å². The van der Waals surface area contributed by atoms with E-state index >= 15 is 0 Å². The molecule has 2 aromatic heterocycles. The molecule has 0 radical (unpaired) electrons. The first-order valence-corrected chi connectivity index (χ1v) is 11.2. The number of aromatic nitrogens is 5. The normalized spacial score (nSPS) is 13.7. The molecular weight excluding hydrogens is 396 g/mol. The fraction of sp³-hybridized carbons (Fsp3) is 0.318. The average molecular weight is 421 g/mol. The Kier molecular flexibility index (Phi) is 6.87. The number of benzene rings is 1. The van der Waals surface area contributed by atoms with Crippen molar-refractivity contribution in [2.75, 3.05) is 6.54 Å². The highest BCUT2D eigenvalue weighted by molar-refractivity contribution is 7.98. The highest BCUT2D eigenvalue weighted by Crippen LogP contribution is 2.23. The van der Waals surface area contributed by atoms with Crippen LogP contribution in [-0.4, -0.2) is 37.4 Å². The van der Waals surface area contributed by atoms with E-state index in [0.717, 1.165) is 30.6 Å². The molecular formula is C22H24N6OS. The molecule has 30 heavy (non-hydrogen) atoms. The molecule has 0 saturated heterocycles. The Labute approximate surface area is 180 Å². The lowest BCUT2D eigenvalue weighted by molar-refractivity contribution is 0.0948. The van der Waals surface area contributed by atoms with Crippen molar-refractivity contribution < 1.29 is 4.79 Å². The highest BCUT2D eigenvalue weighted by atomic mass is 32.2. The third kappa shape index (κ3) is 5.13. The molecule has 0 aliphatic heterocycles. The summed E-state index contributed by atoms with van der Waals surface area (Å²) < 4.78 is 1.72. The standard InChI is InChI=1S/C22H24N6OS/c29-21(23-15-12-17-8-3-1-4-9-17)20-19(16-30-22-24-13-7-14-25-22)28(27-26-20)18-10-5-2-6-11-18/h2,5-8,10-11,13-14H,1,3-4,9,12,15-16H2,(H,23,29). The molecule has 1 N–H and O–H groups in total. The largest absolute Gasteiger partial charge is 0.350 e. The van der Waals surface area contributed by atoms with Crippen LogP contribution in [0.1, 0.15) is 48.3 Å². The van der Waals surface area contributed by atoms with Crippen molar-refractivity contribution in [2.45, 2.75) is 43.0 Å². The number of thioether (sulfide) groups is 1. The Morgan fingerprint density at radius 2 is 1.93 bits per heavy atom. The third-order valence-electron chi connectivity index (χ3n) is 4.98. The summed E-state index contributed by atoms with van der Waals surface area (Å²) in [6.45, 7) is 0.608. The van der Waals surface area contributed by atoms with Crippen LogP contribution in [0, 0.1) is 0 Å². The molecule has 0 atom stereocenters. The first-order chi connectivity index (χ1) is 14.8. The van der Waals surface area contributed by atoms with Gasteiger partial charge in [-0.15, -0.1) is 5.10 Å². The number of amides is 1. The molecule has 7 nitrogen and oxygen atoms in total. The molecule has 0 unspecified atom stereocenters. The van der Waals surface area contributed by atoms with Crippen LogP contribution in [0.5, 0.6) is 0 Å². The fourth-order valence-corrected chi connectivity index (χ4v) is 4.22. The Balaban J connectivity index is 1.50. The Hall–Kier alpha value is -3.00. The van der Waals surface area contributed by atoms with Crippen LogP contribution in [0.25, 0.3) is 5.69 Å². The summed E-state index contributed by atoms with van der Waals surface area (Å²) in [5.41, 5.74) is 3.38. The van der Waals surface area contributed by atoms with Crippen molar-refractivity contribution >= 4 is 17.7 Å². The highest BCUT2D eigenvalue weighted by Gasteiger charge is 2.21. The van der Waals surface area contributed by atoms with Crippen LogP contribution in [0.15, 0.2) is 65.6 Å². The maximum atomic E-state index is 12.9. The van der Waals surface area contributed by atoms with Gasteiger partial charge in [-0.2, -0.15) is 0 Å². The number of carbonyl (C=O) groups excluding carboxylic acids is 1. The van der Waals surface area contributed by atoms with Gasteiger partial charge in [-0.3, -0.25) is 4.79 Å². The summed E-state index contributed by atoms with van der Waals surface area (Å²) in [7, 11) is 0. The van der Waals surface area contributed by atoms with E-state index in [1.807, 2.05) is 30.3 Å². The van der Waals surface area contributed by atoms with Crippen molar-refractivity contribution in [3.05, 3.63) is 71.8 Å². The molecule has 8 heteroatoms. The average Bonchev–Trinajstić information content (AvgIpc) is 3.24. The van der Waals surface area contributed by atoms with Gasteiger partial charge in [-0.05, 0) is 50.3 Å². The van der Waals surface area contributed by atoms with Crippen LogP contribution in [0.3, 0.4) is 0 Å². The van der Waals surface area contributed by atoms with Crippen molar-refractivity contribution in [2.24, 2.45) is 0 Å². The van der Waals surface area contributed by atoms with Gasteiger partial charge in [0.1, 0.15) is 0 Å². The van der Waals surface area contributed by atoms with Crippen molar-refractivity contribution in [3.8, 4) is 5.69 Å². The molecule has 0 bridgehead atoms. The zero-order valence-electron chi connectivity index (χ0n) is 16.7. The number of rotatable bonds is 8. The minimum Gasteiger partial charge on any atom is -0.350 e. The number of carbonyl (C=O) groups is 1. The van der Waals surface area contributed by atoms with E-state index in [1.54, 1.807) is 23.1 Å². The number of hydrogen-bond acceptors (Lipinski definition) is 6. The van der Waals surface area contributed by atoms with Gasteiger partial charge in [0.05, 0.1) is 11.4 Å². The maximum absolute atomic E-state index is 12.9. The molecule has 4 rings (SSSR count). The predicted octanol–water partition coefficient (Wildman–Crippen LogP) is 3.97. The number of allylic oxidation sites excluding steroid dienone is 1. The lowest BCUT2D eigenvalue weighted by Gasteiger charge is -2.13. The second-order valence-electron chi connectivity index (χ2n) is 7.07. The minimum absolute atomic E-state index is 0.196. The summed E-state index contributed by atoms with van der Waals surface area (Å²) >= 11 is 1.45. The van der Waals surface area contributed by atoms with Gasteiger partial charge < -0.3 is 5.32 Å². The minimum atomic E-state index is -0.196. The first-order valence-electron chi connectivity index (χ1n) is 10.2. The SMILES string of the molecule is O=C(NCCC1=CCCCC1)c1nnn(-c2ccccc2)c1CSc1ncccn1. The zero-order valence-corrected chi connectivity index (χ0v) is 17.5. The van der Waals surface area contributed by atoms with E-state index in [0.29, 0.717) is 23.1 Å². The zero-order chi connectivity index (χ0) is 20.6. The summed E-state index contributed by atoms with van der Waals surface area (Å²) in [6, 6.07) is 11.5. The van der Waals surface area contributed by atoms with Gasteiger partial charge >= 0.3 is 0 Å². The number of nitrogens with one attached hydrogen (secondary N) is 1. The summed E-state index contributed by atoms with van der Waals surface area (Å²) in [6.07, 6.45) is 11.4. The van der Waals surface area contributed by atoms with E-state index in [-0.39, 0.29) is 5.91 Å². The molecule has 1 aliphatic rings. The molecule has 0 spiro atoms. The van der Waals surface area contributed by atoms with Gasteiger partial charge in [-0.1, -0.05) is 46.8 Å².